The summed E-state index contributed by atoms with van der Waals surface area (Å²) in [5.74, 6) is -0.117. The molecule has 0 aliphatic rings. The molecule has 0 amide bonds. The summed E-state index contributed by atoms with van der Waals surface area (Å²) in [6.07, 6.45) is 0. The van der Waals surface area contributed by atoms with Gasteiger partial charge in [-0.2, -0.15) is 0 Å². The van der Waals surface area contributed by atoms with Crippen molar-refractivity contribution in [2.45, 2.75) is 33.4 Å². The van der Waals surface area contributed by atoms with Crippen molar-refractivity contribution in [2.75, 3.05) is 0 Å². The van der Waals surface area contributed by atoms with Gasteiger partial charge < -0.3 is 5.32 Å². The molecule has 0 aliphatic carbocycles. The maximum Gasteiger partial charge on any atom is 0.127 e. The highest BCUT2D eigenvalue weighted by Gasteiger charge is 2.01. The van der Waals surface area contributed by atoms with Crippen LogP contribution in [0.4, 0.5) is 4.39 Å². The van der Waals surface area contributed by atoms with Crippen molar-refractivity contribution in [1.29, 1.82) is 0 Å². The van der Waals surface area contributed by atoms with Gasteiger partial charge in [0.15, 0.2) is 0 Å². The zero-order valence-electron chi connectivity index (χ0n) is 8.39. The highest BCUT2D eigenvalue weighted by molar-refractivity contribution is 5.23. The Kier molecular flexibility index (Phi) is 3.43. The fraction of sp³-hybridized carbons (Fsp3) is 0.455. The molecule has 2 heteroatoms. The molecule has 0 atom stereocenters. The Morgan fingerprint density at radius 1 is 1.38 bits per heavy atom. The van der Waals surface area contributed by atoms with E-state index in [1.807, 2.05) is 32.9 Å². The minimum absolute atomic E-state index is 0.117. The van der Waals surface area contributed by atoms with Crippen molar-refractivity contribution in [2.24, 2.45) is 0 Å². The highest BCUT2D eigenvalue weighted by Crippen LogP contribution is 2.09. The van der Waals surface area contributed by atoms with Crippen molar-refractivity contribution in [3.05, 3.63) is 35.1 Å². The molecule has 0 aromatic heterocycles. The van der Waals surface area contributed by atoms with Gasteiger partial charge in [-0.1, -0.05) is 26.0 Å². The second-order valence-corrected chi connectivity index (χ2v) is 3.63. The van der Waals surface area contributed by atoms with E-state index >= 15 is 0 Å². The van der Waals surface area contributed by atoms with E-state index in [2.05, 4.69) is 5.32 Å². The first-order chi connectivity index (χ1) is 6.09. The summed E-state index contributed by atoms with van der Waals surface area (Å²) < 4.78 is 13.3. The number of hydrogen-bond acceptors (Lipinski definition) is 1. The lowest BCUT2D eigenvalue weighted by Gasteiger charge is -2.08. The zero-order valence-corrected chi connectivity index (χ0v) is 8.39. The molecule has 72 valence electrons. The van der Waals surface area contributed by atoms with E-state index in [0.717, 1.165) is 11.1 Å². The zero-order chi connectivity index (χ0) is 9.84. The molecule has 0 saturated heterocycles. The van der Waals surface area contributed by atoms with E-state index in [9.17, 15) is 4.39 Å². The first kappa shape index (κ1) is 10.2. The maximum atomic E-state index is 13.3. The van der Waals surface area contributed by atoms with Crippen LogP contribution < -0.4 is 5.32 Å². The van der Waals surface area contributed by atoms with Crippen LogP contribution >= 0.6 is 0 Å². The second kappa shape index (κ2) is 4.38. The summed E-state index contributed by atoms with van der Waals surface area (Å²) >= 11 is 0. The molecule has 0 bridgehead atoms. The Balaban J connectivity index is 2.67. The van der Waals surface area contributed by atoms with Gasteiger partial charge in [-0.05, 0) is 18.6 Å². The minimum atomic E-state index is -0.117. The van der Waals surface area contributed by atoms with Gasteiger partial charge in [0.1, 0.15) is 5.82 Å². The average Bonchev–Trinajstić information content (AvgIpc) is 2.02. The lowest BCUT2D eigenvalue weighted by molar-refractivity contribution is 0.552. The molecule has 1 N–H and O–H groups in total. The molecule has 13 heavy (non-hydrogen) atoms. The van der Waals surface area contributed by atoms with E-state index in [1.54, 1.807) is 6.07 Å². The van der Waals surface area contributed by atoms with Gasteiger partial charge in [-0.3, -0.25) is 0 Å². The van der Waals surface area contributed by atoms with Crippen LogP contribution in [-0.4, -0.2) is 6.04 Å². The highest BCUT2D eigenvalue weighted by atomic mass is 19.1. The number of halogens is 1. The Labute approximate surface area is 79.0 Å². The fourth-order valence-corrected chi connectivity index (χ4v) is 1.11. The average molecular weight is 181 g/mol. The Bertz CT molecular complexity index is 281. The molecule has 0 fully saturated rings. The van der Waals surface area contributed by atoms with Crippen LogP contribution in [0.25, 0.3) is 0 Å². The Morgan fingerprint density at radius 3 is 2.62 bits per heavy atom. The summed E-state index contributed by atoms with van der Waals surface area (Å²) in [5.41, 5.74) is 1.70. The molecule has 0 saturated carbocycles. The summed E-state index contributed by atoms with van der Waals surface area (Å²) in [6.45, 7) is 6.59. The standard InChI is InChI=1S/C11H16FN/c1-8(2)13-7-10-5-4-9(3)6-11(10)12/h4-6,8,13H,7H2,1-3H3. The minimum Gasteiger partial charge on any atom is -0.310 e. The van der Waals surface area contributed by atoms with Gasteiger partial charge in [0.2, 0.25) is 0 Å². The summed E-state index contributed by atoms with van der Waals surface area (Å²) in [4.78, 5) is 0. The van der Waals surface area contributed by atoms with Crippen molar-refractivity contribution in [3.63, 3.8) is 0 Å². The number of benzene rings is 1. The number of nitrogens with one attached hydrogen (secondary N) is 1. The third kappa shape index (κ3) is 3.15. The number of rotatable bonds is 3. The third-order valence-corrected chi connectivity index (χ3v) is 1.91. The van der Waals surface area contributed by atoms with Crippen molar-refractivity contribution < 1.29 is 4.39 Å². The van der Waals surface area contributed by atoms with Crippen molar-refractivity contribution >= 4 is 0 Å². The van der Waals surface area contributed by atoms with Crippen LogP contribution in [0, 0.1) is 12.7 Å². The topological polar surface area (TPSA) is 12.0 Å². The predicted octanol–water partition coefficient (Wildman–Crippen LogP) is 2.63. The smallest absolute Gasteiger partial charge is 0.127 e. The van der Waals surface area contributed by atoms with Crippen molar-refractivity contribution in [1.82, 2.24) is 5.32 Å². The van der Waals surface area contributed by atoms with Crippen LogP contribution in [0.3, 0.4) is 0 Å². The second-order valence-electron chi connectivity index (χ2n) is 3.63. The first-order valence-electron chi connectivity index (χ1n) is 4.58. The summed E-state index contributed by atoms with van der Waals surface area (Å²) in [6, 6.07) is 5.72. The fourth-order valence-electron chi connectivity index (χ4n) is 1.11. The molecule has 1 aromatic rings. The lowest BCUT2D eigenvalue weighted by Crippen LogP contribution is -2.22. The Hall–Kier alpha value is -0.890. The van der Waals surface area contributed by atoms with E-state index < -0.39 is 0 Å². The van der Waals surface area contributed by atoms with Crippen LogP contribution in [0.5, 0.6) is 0 Å². The van der Waals surface area contributed by atoms with Gasteiger partial charge in [0.25, 0.3) is 0 Å². The normalized spacial score (nSPS) is 10.8. The molecule has 0 heterocycles. The van der Waals surface area contributed by atoms with Crippen LogP contribution in [0.1, 0.15) is 25.0 Å². The number of aryl methyl sites for hydroxylation is 1. The van der Waals surface area contributed by atoms with Gasteiger partial charge >= 0.3 is 0 Å². The third-order valence-electron chi connectivity index (χ3n) is 1.91. The van der Waals surface area contributed by atoms with E-state index in [1.165, 1.54) is 0 Å². The van der Waals surface area contributed by atoms with Gasteiger partial charge in [0.05, 0.1) is 0 Å². The van der Waals surface area contributed by atoms with Gasteiger partial charge in [-0.15, -0.1) is 0 Å². The van der Waals surface area contributed by atoms with E-state index in [-0.39, 0.29) is 5.82 Å². The van der Waals surface area contributed by atoms with Gasteiger partial charge in [-0.25, -0.2) is 4.39 Å². The van der Waals surface area contributed by atoms with Crippen LogP contribution in [0.2, 0.25) is 0 Å². The van der Waals surface area contributed by atoms with Crippen LogP contribution in [0.15, 0.2) is 18.2 Å². The molecule has 0 unspecified atom stereocenters. The summed E-state index contributed by atoms with van der Waals surface area (Å²) in [7, 11) is 0. The van der Waals surface area contributed by atoms with Crippen molar-refractivity contribution in [3.8, 4) is 0 Å². The number of hydrogen-bond donors (Lipinski definition) is 1. The molecular weight excluding hydrogens is 165 g/mol. The maximum absolute atomic E-state index is 13.3. The SMILES string of the molecule is Cc1ccc(CNC(C)C)c(F)c1. The monoisotopic (exact) mass is 181 g/mol. The largest absolute Gasteiger partial charge is 0.310 e. The molecule has 0 spiro atoms. The van der Waals surface area contributed by atoms with E-state index in [4.69, 9.17) is 0 Å². The molecule has 0 radical (unpaired) electrons. The van der Waals surface area contributed by atoms with Crippen LogP contribution in [-0.2, 0) is 6.54 Å². The van der Waals surface area contributed by atoms with E-state index in [0.29, 0.717) is 12.6 Å². The quantitative estimate of drug-likeness (QED) is 0.755. The Morgan fingerprint density at radius 2 is 2.08 bits per heavy atom. The lowest BCUT2D eigenvalue weighted by atomic mass is 10.1. The molecule has 1 nitrogen and oxygen atoms in total. The molecule has 1 aromatic carbocycles. The molecule has 1 rings (SSSR count). The first-order valence-corrected chi connectivity index (χ1v) is 4.58. The molecular formula is C11H16FN. The predicted molar refractivity (Wildman–Crippen MR) is 53.1 cm³/mol. The van der Waals surface area contributed by atoms with Gasteiger partial charge in [0, 0.05) is 18.2 Å². The summed E-state index contributed by atoms with van der Waals surface area (Å²) in [5, 5.41) is 3.18. The molecule has 0 aliphatic heterocycles.